The molecule has 0 spiro atoms. The molecule has 0 radical (unpaired) electrons. The first kappa shape index (κ1) is 14.2. The molecule has 0 amide bonds. The maximum absolute atomic E-state index is 9.80. The van der Waals surface area contributed by atoms with Gasteiger partial charge in [0.25, 0.3) is 0 Å². The third-order valence-electron chi connectivity index (χ3n) is 1.91. The second-order valence-electron chi connectivity index (χ2n) is 3.56. The highest BCUT2D eigenvalue weighted by Gasteiger charge is 1.81. The molecule has 0 aliphatic carbocycles. The molecule has 3 heteroatoms. The number of unbranched alkanes of at least 4 members (excludes halogenated alkanes) is 1. The van der Waals surface area contributed by atoms with Gasteiger partial charge in [-0.2, -0.15) is 0 Å². The van der Waals surface area contributed by atoms with Crippen molar-refractivity contribution in [3.05, 3.63) is 35.4 Å². The first-order chi connectivity index (χ1) is 7.06. The first-order valence-electron chi connectivity index (χ1n) is 5.21. The summed E-state index contributed by atoms with van der Waals surface area (Å²) in [5.74, 6) is 0.353. The van der Waals surface area contributed by atoms with Gasteiger partial charge in [-0.1, -0.05) is 48.7 Å². The number of aryl methyl sites for hydroxylation is 2. The molecule has 0 fully saturated rings. The highest BCUT2D eigenvalue weighted by atomic mass is 32.2. The Hall–Kier alpha value is -0.830. The van der Waals surface area contributed by atoms with Crippen LogP contribution in [0, 0.1) is 13.8 Å². The Bertz CT molecular complexity index is 297. The summed E-state index contributed by atoms with van der Waals surface area (Å²) >= 11 is 0. The van der Waals surface area contributed by atoms with E-state index < -0.39 is 10.7 Å². The first-order valence-corrected chi connectivity index (χ1v) is 6.57. The predicted molar refractivity (Wildman–Crippen MR) is 66.0 cm³/mol. The van der Waals surface area contributed by atoms with E-state index in [1.165, 1.54) is 11.1 Å². The SMILES string of the molecule is CCCC[SH](=O)=O.Cc1ccc(C)cc1. The second kappa shape index (κ2) is 8.48. The summed E-state index contributed by atoms with van der Waals surface area (Å²) in [7, 11) is -2.11. The number of hydrogen-bond donors (Lipinski definition) is 1. The number of hydrogen-bond acceptors (Lipinski definition) is 2. The molecule has 1 aromatic rings. The van der Waals surface area contributed by atoms with Crippen molar-refractivity contribution in [3.63, 3.8) is 0 Å². The molecule has 2 nitrogen and oxygen atoms in total. The Labute approximate surface area is 94.3 Å². The lowest BCUT2D eigenvalue weighted by Gasteiger charge is -1.90. The minimum absolute atomic E-state index is 0.353. The lowest BCUT2D eigenvalue weighted by Crippen LogP contribution is -1.83. The molecule has 0 saturated carbocycles. The lowest BCUT2D eigenvalue weighted by atomic mass is 10.2. The number of thiol groups is 1. The van der Waals surface area contributed by atoms with Gasteiger partial charge in [0.15, 0.2) is 0 Å². The van der Waals surface area contributed by atoms with Crippen LogP contribution in [0.25, 0.3) is 0 Å². The van der Waals surface area contributed by atoms with Crippen molar-refractivity contribution in [1.29, 1.82) is 0 Å². The molecule has 0 atom stereocenters. The van der Waals surface area contributed by atoms with Crippen LogP contribution in [0.4, 0.5) is 0 Å². The van der Waals surface area contributed by atoms with Gasteiger partial charge in [-0.15, -0.1) is 0 Å². The van der Waals surface area contributed by atoms with Gasteiger partial charge in [0.05, 0.1) is 0 Å². The summed E-state index contributed by atoms with van der Waals surface area (Å²) in [5.41, 5.74) is 2.66. The number of benzene rings is 1. The minimum Gasteiger partial charge on any atom is -0.232 e. The minimum atomic E-state index is -2.11. The molecule has 0 N–H and O–H groups in total. The van der Waals surface area contributed by atoms with Crippen molar-refractivity contribution in [2.75, 3.05) is 5.75 Å². The van der Waals surface area contributed by atoms with E-state index in [1.54, 1.807) is 0 Å². The Balaban J connectivity index is 0.000000265. The molecule has 0 unspecified atom stereocenters. The van der Waals surface area contributed by atoms with Crippen LogP contribution in [0.15, 0.2) is 24.3 Å². The summed E-state index contributed by atoms with van der Waals surface area (Å²) in [6.07, 6.45) is 1.77. The topological polar surface area (TPSA) is 34.1 Å². The Morgan fingerprint density at radius 2 is 1.40 bits per heavy atom. The molecule has 1 aromatic carbocycles. The average Bonchev–Trinajstić information content (AvgIpc) is 2.20. The lowest BCUT2D eigenvalue weighted by molar-refractivity contribution is 0.611. The zero-order valence-corrected chi connectivity index (χ0v) is 10.6. The quantitative estimate of drug-likeness (QED) is 0.807. The van der Waals surface area contributed by atoms with E-state index in [-0.39, 0.29) is 0 Å². The largest absolute Gasteiger partial charge is 0.232 e. The van der Waals surface area contributed by atoms with E-state index in [1.807, 2.05) is 6.92 Å². The maximum atomic E-state index is 9.80. The highest BCUT2D eigenvalue weighted by Crippen LogP contribution is 1.99. The Kier molecular flexibility index (Phi) is 8.01. The second-order valence-corrected chi connectivity index (χ2v) is 4.68. The molecule has 0 aromatic heterocycles. The van der Waals surface area contributed by atoms with E-state index in [0.717, 1.165) is 12.8 Å². The number of rotatable bonds is 3. The van der Waals surface area contributed by atoms with Gasteiger partial charge >= 0.3 is 0 Å². The molecule has 0 bridgehead atoms. The van der Waals surface area contributed by atoms with Crippen molar-refractivity contribution in [1.82, 2.24) is 0 Å². The highest BCUT2D eigenvalue weighted by molar-refractivity contribution is 7.72. The zero-order valence-electron chi connectivity index (χ0n) is 9.69. The van der Waals surface area contributed by atoms with Gasteiger partial charge in [0, 0.05) is 5.75 Å². The van der Waals surface area contributed by atoms with Crippen molar-refractivity contribution in [2.45, 2.75) is 33.6 Å². The van der Waals surface area contributed by atoms with E-state index >= 15 is 0 Å². The fraction of sp³-hybridized carbons (Fsp3) is 0.500. The molecule has 0 aliphatic rings. The van der Waals surface area contributed by atoms with Crippen LogP contribution >= 0.6 is 0 Å². The normalized spacial score (nSPS) is 9.60. The predicted octanol–water partition coefficient (Wildman–Crippen LogP) is 2.70. The van der Waals surface area contributed by atoms with Crippen LogP contribution in [0.5, 0.6) is 0 Å². The van der Waals surface area contributed by atoms with Crippen molar-refractivity contribution >= 4 is 10.7 Å². The van der Waals surface area contributed by atoms with Crippen LogP contribution < -0.4 is 0 Å². The smallest absolute Gasteiger partial charge is 0.140 e. The standard InChI is InChI=1S/C8H10.C4H10O2S/c1-7-3-5-8(2)6-4-7;1-2-3-4-7(5)6/h3-6H,1-2H3;7H,2-4H2,1H3. The molecular formula is C12H20O2S. The summed E-state index contributed by atoms with van der Waals surface area (Å²) in [5, 5.41) is 0. The van der Waals surface area contributed by atoms with E-state index in [9.17, 15) is 8.42 Å². The van der Waals surface area contributed by atoms with E-state index in [2.05, 4.69) is 38.1 Å². The molecular weight excluding hydrogens is 208 g/mol. The zero-order chi connectivity index (χ0) is 11.7. The van der Waals surface area contributed by atoms with Crippen LogP contribution in [0.1, 0.15) is 30.9 Å². The molecule has 15 heavy (non-hydrogen) atoms. The van der Waals surface area contributed by atoms with Crippen molar-refractivity contribution < 1.29 is 8.42 Å². The fourth-order valence-electron chi connectivity index (χ4n) is 0.924. The van der Waals surface area contributed by atoms with Crippen LogP contribution in [-0.4, -0.2) is 14.2 Å². The van der Waals surface area contributed by atoms with Crippen LogP contribution in [0.2, 0.25) is 0 Å². The van der Waals surface area contributed by atoms with Crippen molar-refractivity contribution in [3.8, 4) is 0 Å². The summed E-state index contributed by atoms with van der Waals surface area (Å²) in [4.78, 5) is 0. The molecule has 86 valence electrons. The molecule has 0 aliphatic heterocycles. The van der Waals surface area contributed by atoms with Crippen LogP contribution in [-0.2, 0) is 10.7 Å². The van der Waals surface area contributed by atoms with Crippen LogP contribution in [0.3, 0.4) is 0 Å². The van der Waals surface area contributed by atoms with E-state index in [0.29, 0.717) is 5.75 Å². The third kappa shape index (κ3) is 9.47. The van der Waals surface area contributed by atoms with Crippen molar-refractivity contribution in [2.24, 2.45) is 0 Å². The summed E-state index contributed by atoms with van der Waals surface area (Å²) in [6, 6.07) is 8.48. The molecule has 1 rings (SSSR count). The summed E-state index contributed by atoms with van der Waals surface area (Å²) in [6.45, 7) is 6.16. The molecule has 0 heterocycles. The molecule has 0 saturated heterocycles. The van der Waals surface area contributed by atoms with Gasteiger partial charge in [-0.05, 0) is 20.3 Å². The average molecular weight is 228 g/mol. The maximum Gasteiger partial charge on any atom is 0.140 e. The third-order valence-corrected chi connectivity index (χ3v) is 2.59. The fourth-order valence-corrected chi connectivity index (χ4v) is 1.50. The van der Waals surface area contributed by atoms with E-state index in [4.69, 9.17) is 0 Å². The Morgan fingerprint density at radius 3 is 1.60 bits per heavy atom. The van der Waals surface area contributed by atoms with Gasteiger partial charge in [-0.3, -0.25) is 0 Å². The van der Waals surface area contributed by atoms with Gasteiger partial charge in [-0.25, -0.2) is 8.42 Å². The monoisotopic (exact) mass is 228 g/mol. The van der Waals surface area contributed by atoms with Gasteiger partial charge in [0.2, 0.25) is 0 Å². The van der Waals surface area contributed by atoms with Gasteiger partial charge in [0.1, 0.15) is 10.7 Å². The Morgan fingerprint density at radius 1 is 1.00 bits per heavy atom. The summed E-state index contributed by atoms with van der Waals surface area (Å²) < 4.78 is 19.6. The van der Waals surface area contributed by atoms with Gasteiger partial charge < -0.3 is 0 Å².